The number of thiophene rings is 1. The van der Waals surface area contributed by atoms with Crippen LogP contribution < -0.4 is 10.2 Å². The average molecular weight is 212 g/mol. The lowest BCUT2D eigenvalue weighted by Crippen LogP contribution is -2.43. The Morgan fingerprint density at radius 3 is 2.86 bits per heavy atom. The number of carbonyl (C=O) groups is 1. The molecule has 0 radical (unpaired) electrons. The second-order valence-electron chi connectivity index (χ2n) is 3.18. The third-order valence-electron chi connectivity index (χ3n) is 2.30. The fourth-order valence-corrected chi connectivity index (χ4v) is 2.37. The number of hydrogen-bond donors (Lipinski definition) is 2. The van der Waals surface area contributed by atoms with Crippen LogP contribution in [0.3, 0.4) is 0 Å². The first kappa shape index (κ1) is 9.48. The van der Waals surface area contributed by atoms with E-state index in [4.69, 9.17) is 5.11 Å². The molecule has 5 heteroatoms. The summed E-state index contributed by atoms with van der Waals surface area (Å²) in [6, 6.07) is 1.89. The Morgan fingerprint density at radius 2 is 2.21 bits per heavy atom. The Bertz CT molecular complexity index is 331. The van der Waals surface area contributed by atoms with Crippen LogP contribution in [0.2, 0.25) is 0 Å². The minimum Gasteiger partial charge on any atom is -0.477 e. The topological polar surface area (TPSA) is 52.6 Å². The highest BCUT2D eigenvalue weighted by molar-refractivity contribution is 7.12. The number of nitrogens with one attached hydrogen (secondary N) is 1. The molecule has 1 aliphatic heterocycles. The molecule has 0 aliphatic carbocycles. The summed E-state index contributed by atoms with van der Waals surface area (Å²) in [5.74, 6) is -0.825. The standard InChI is InChI=1S/C9H12N2O2S/c12-9(13)8-7(1-6-14-8)11-4-2-10-3-5-11/h1,6,10H,2-5H2,(H,12,13). The summed E-state index contributed by atoms with van der Waals surface area (Å²) < 4.78 is 0. The van der Waals surface area contributed by atoms with Crippen molar-refractivity contribution in [3.63, 3.8) is 0 Å². The third-order valence-corrected chi connectivity index (χ3v) is 3.19. The van der Waals surface area contributed by atoms with Crippen LogP contribution in [0.15, 0.2) is 11.4 Å². The monoisotopic (exact) mass is 212 g/mol. The molecule has 1 fully saturated rings. The quantitative estimate of drug-likeness (QED) is 0.763. The zero-order valence-electron chi connectivity index (χ0n) is 7.69. The van der Waals surface area contributed by atoms with Gasteiger partial charge < -0.3 is 15.3 Å². The molecule has 0 atom stereocenters. The van der Waals surface area contributed by atoms with Gasteiger partial charge in [-0.3, -0.25) is 0 Å². The van der Waals surface area contributed by atoms with Gasteiger partial charge in [-0.25, -0.2) is 4.79 Å². The van der Waals surface area contributed by atoms with Gasteiger partial charge >= 0.3 is 5.97 Å². The molecule has 2 rings (SSSR count). The maximum absolute atomic E-state index is 10.9. The Balaban J connectivity index is 2.21. The third kappa shape index (κ3) is 1.73. The van der Waals surface area contributed by atoms with Gasteiger partial charge in [-0.2, -0.15) is 0 Å². The largest absolute Gasteiger partial charge is 0.477 e. The van der Waals surface area contributed by atoms with Crippen molar-refractivity contribution >= 4 is 23.0 Å². The van der Waals surface area contributed by atoms with Crippen LogP contribution in [0.1, 0.15) is 9.67 Å². The number of carboxylic acids is 1. The summed E-state index contributed by atoms with van der Waals surface area (Å²) in [5, 5.41) is 14.0. The van der Waals surface area contributed by atoms with Gasteiger partial charge in [0, 0.05) is 26.2 Å². The van der Waals surface area contributed by atoms with E-state index in [0.29, 0.717) is 4.88 Å². The lowest BCUT2D eigenvalue weighted by Gasteiger charge is -2.28. The molecule has 1 saturated heterocycles. The normalized spacial score (nSPS) is 17.0. The van der Waals surface area contributed by atoms with Crippen LogP contribution in [0.4, 0.5) is 5.69 Å². The number of anilines is 1. The van der Waals surface area contributed by atoms with Crippen LogP contribution in [0.25, 0.3) is 0 Å². The lowest BCUT2D eigenvalue weighted by atomic mass is 10.3. The molecule has 0 aromatic carbocycles. The van der Waals surface area contributed by atoms with Gasteiger partial charge in [0.25, 0.3) is 0 Å². The van der Waals surface area contributed by atoms with E-state index in [1.54, 1.807) is 0 Å². The second kappa shape index (κ2) is 3.98. The van der Waals surface area contributed by atoms with Crippen molar-refractivity contribution < 1.29 is 9.90 Å². The van der Waals surface area contributed by atoms with Crippen molar-refractivity contribution in [1.82, 2.24) is 5.32 Å². The molecule has 1 aromatic heterocycles. The van der Waals surface area contributed by atoms with E-state index in [1.807, 2.05) is 11.4 Å². The summed E-state index contributed by atoms with van der Waals surface area (Å²) in [6.07, 6.45) is 0. The molecule has 2 N–H and O–H groups in total. The fraction of sp³-hybridized carbons (Fsp3) is 0.444. The van der Waals surface area contributed by atoms with Crippen molar-refractivity contribution in [2.45, 2.75) is 0 Å². The van der Waals surface area contributed by atoms with Crippen LogP contribution in [0.5, 0.6) is 0 Å². The van der Waals surface area contributed by atoms with Crippen molar-refractivity contribution in [2.75, 3.05) is 31.1 Å². The summed E-state index contributed by atoms with van der Waals surface area (Å²) >= 11 is 1.29. The Morgan fingerprint density at radius 1 is 1.50 bits per heavy atom. The number of rotatable bonds is 2. The molecular formula is C9H12N2O2S. The minimum atomic E-state index is -0.825. The molecule has 2 heterocycles. The molecule has 0 unspecified atom stereocenters. The first-order valence-electron chi connectivity index (χ1n) is 4.55. The molecule has 76 valence electrons. The van der Waals surface area contributed by atoms with E-state index >= 15 is 0 Å². The summed E-state index contributed by atoms with van der Waals surface area (Å²) in [4.78, 5) is 13.5. The van der Waals surface area contributed by atoms with Crippen LogP contribution >= 0.6 is 11.3 Å². The van der Waals surface area contributed by atoms with Gasteiger partial charge in [0.15, 0.2) is 0 Å². The van der Waals surface area contributed by atoms with Crippen LogP contribution in [0, 0.1) is 0 Å². The molecule has 4 nitrogen and oxygen atoms in total. The SMILES string of the molecule is O=C(O)c1sccc1N1CCNCC1. The minimum absolute atomic E-state index is 0.451. The van der Waals surface area contributed by atoms with Crippen LogP contribution in [-0.4, -0.2) is 37.3 Å². The lowest BCUT2D eigenvalue weighted by molar-refractivity contribution is 0.0702. The number of aromatic carboxylic acids is 1. The zero-order valence-corrected chi connectivity index (χ0v) is 8.51. The van der Waals surface area contributed by atoms with Crippen molar-refractivity contribution in [3.8, 4) is 0 Å². The molecule has 0 amide bonds. The van der Waals surface area contributed by atoms with E-state index in [1.165, 1.54) is 11.3 Å². The summed E-state index contributed by atoms with van der Waals surface area (Å²) in [6.45, 7) is 3.62. The van der Waals surface area contributed by atoms with Gasteiger partial charge in [0.05, 0.1) is 5.69 Å². The van der Waals surface area contributed by atoms with Crippen molar-refractivity contribution in [1.29, 1.82) is 0 Å². The molecule has 1 aliphatic rings. The van der Waals surface area contributed by atoms with Crippen molar-refractivity contribution in [2.24, 2.45) is 0 Å². The highest BCUT2D eigenvalue weighted by atomic mass is 32.1. The number of piperazine rings is 1. The van der Waals surface area contributed by atoms with Gasteiger partial charge in [0.1, 0.15) is 4.88 Å². The first-order chi connectivity index (χ1) is 6.79. The zero-order chi connectivity index (χ0) is 9.97. The number of carboxylic acid groups (broad SMARTS) is 1. The highest BCUT2D eigenvalue weighted by Gasteiger charge is 2.18. The highest BCUT2D eigenvalue weighted by Crippen LogP contribution is 2.26. The van der Waals surface area contributed by atoms with Gasteiger partial charge in [-0.1, -0.05) is 0 Å². The van der Waals surface area contributed by atoms with Gasteiger partial charge in [-0.05, 0) is 11.4 Å². The summed E-state index contributed by atoms with van der Waals surface area (Å²) in [7, 11) is 0. The van der Waals surface area contributed by atoms with E-state index in [0.717, 1.165) is 31.9 Å². The second-order valence-corrected chi connectivity index (χ2v) is 4.09. The van der Waals surface area contributed by atoms with E-state index in [-0.39, 0.29) is 0 Å². The maximum Gasteiger partial charge on any atom is 0.348 e. The first-order valence-corrected chi connectivity index (χ1v) is 5.43. The summed E-state index contributed by atoms with van der Waals surface area (Å²) in [5.41, 5.74) is 0.865. The molecule has 0 spiro atoms. The molecular weight excluding hydrogens is 200 g/mol. The molecule has 14 heavy (non-hydrogen) atoms. The van der Waals surface area contributed by atoms with Crippen LogP contribution in [-0.2, 0) is 0 Å². The van der Waals surface area contributed by atoms with E-state index < -0.39 is 5.97 Å². The number of nitrogens with zero attached hydrogens (tertiary/aromatic N) is 1. The predicted molar refractivity (Wildman–Crippen MR) is 56.4 cm³/mol. The Labute approximate surface area is 86.2 Å². The molecule has 1 aromatic rings. The number of hydrogen-bond acceptors (Lipinski definition) is 4. The predicted octanol–water partition coefficient (Wildman–Crippen LogP) is 0.856. The fourth-order valence-electron chi connectivity index (χ4n) is 1.62. The molecule has 0 bridgehead atoms. The van der Waals surface area contributed by atoms with Gasteiger partial charge in [0.2, 0.25) is 0 Å². The van der Waals surface area contributed by atoms with E-state index in [9.17, 15) is 4.79 Å². The van der Waals surface area contributed by atoms with Gasteiger partial charge in [-0.15, -0.1) is 11.3 Å². The Kier molecular flexibility index (Phi) is 2.69. The van der Waals surface area contributed by atoms with E-state index in [2.05, 4.69) is 10.2 Å². The average Bonchev–Trinajstić information content (AvgIpc) is 2.67. The molecule has 0 saturated carbocycles. The maximum atomic E-state index is 10.9. The Hall–Kier alpha value is -1.07. The smallest absolute Gasteiger partial charge is 0.348 e. The van der Waals surface area contributed by atoms with Crippen molar-refractivity contribution in [3.05, 3.63) is 16.3 Å².